The third-order valence-electron chi connectivity index (χ3n) is 2.07. The molecule has 52 valence electrons. The number of rotatable bonds is 1. The number of hydrazine groups is 1. The fourth-order valence-corrected chi connectivity index (χ4v) is 1.54. The Kier molecular flexibility index (Phi) is 1.22. The summed E-state index contributed by atoms with van der Waals surface area (Å²) in [6.45, 7) is 2.12. The molecule has 0 aliphatic carbocycles. The van der Waals surface area contributed by atoms with Gasteiger partial charge in [-0.3, -0.25) is 5.43 Å². The molecule has 2 bridgehead atoms. The Labute approximate surface area is 54.9 Å². The number of nitrogens with one attached hydrogen (secondary N) is 1. The van der Waals surface area contributed by atoms with Crippen molar-refractivity contribution in [2.24, 2.45) is 0 Å². The lowest BCUT2D eigenvalue weighted by Crippen LogP contribution is -2.60. The molecule has 3 heteroatoms. The van der Waals surface area contributed by atoms with E-state index >= 15 is 0 Å². The van der Waals surface area contributed by atoms with Crippen molar-refractivity contribution in [3.63, 3.8) is 0 Å². The van der Waals surface area contributed by atoms with Gasteiger partial charge in [0.2, 0.25) is 0 Å². The van der Waals surface area contributed by atoms with E-state index in [0.717, 1.165) is 13.1 Å². The number of hydrogen-bond donors (Lipinski definition) is 1. The van der Waals surface area contributed by atoms with Gasteiger partial charge in [0.05, 0.1) is 12.2 Å². The van der Waals surface area contributed by atoms with Crippen LogP contribution < -0.4 is 5.43 Å². The smallest absolute Gasteiger partial charge is 0.0745 e. The Balaban J connectivity index is 1.89. The largest absolute Gasteiger partial charge is 0.372 e. The predicted octanol–water partition coefficient (Wildman–Crippen LogP) is -0.406. The first-order chi connectivity index (χ1) is 4.38. The van der Waals surface area contributed by atoms with Crippen molar-refractivity contribution >= 4 is 0 Å². The van der Waals surface area contributed by atoms with Crippen LogP contribution >= 0.6 is 0 Å². The van der Waals surface area contributed by atoms with Gasteiger partial charge < -0.3 is 4.74 Å². The lowest BCUT2D eigenvalue weighted by molar-refractivity contribution is -0.189. The molecule has 3 rings (SSSR count). The van der Waals surface area contributed by atoms with E-state index in [1.54, 1.807) is 0 Å². The number of piperidine rings is 1. The van der Waals surface area contributed by atoms with Gasteiger partial charge in [-0.15, -0.1) is 0 Å². The van der Waals surface area contributed by atoms with Crippen molar-refractivity contribution in [1.29, 1.82) is 0 Å². The molecule has 3 heterocycles. The van der Waals surface area contributed by atoms with Gasteiger partial charge in [0.25, 0.3) is 0 Å². The van der Waals surface area contributed by atoms with Crippen LogP contribution in [-0.4, -0.2) is 37.4 Å². The van der Waals surface area contributed by atoms with Crippen LogP contribution in [0.1, 0.15) is 6.42 Å². The molecule has 2 unspecified atom stereocenters. The minimum Gasteiger partial charge on any atom is -0.372 e. The molecule has 0 radical (unpaired) electrons. The Morgan fingerprint density at radius 3 is 2.33 bits per heavy atom. The molecule has 3 aliphatic rings. The fraction of sp³-hybridized carbons (Fsp3) is 1.00. The van der Waals surface area contributed by atoms with Crippen molar-refractivity contribution in [3.05, 3.63) is 0 Å². The van der Waals surface area contributed by atoms with Crippen molar-refractivity contribution < 1.29 is 4.74 Å². The quantitative estimate of drug-likeness (QED) is 0.519. The highest BCUT2D eigenvalue weighted by Gasteiger charge is 2.37. The van der Waals surface area contributed by atoms with E-state index in [1.807, 2.05) is 7.05 Å². The van der Waals surface area contributed by atoms with Gasteiger partial charge in [-0.1, -0.05) is 0 Å². The van der Waals surface area contributed by atoms with Crippen molar-refractivity contribution in [2.45, 2.75) is 18.6 Å². The van der Waals surface area contributed by atoms with Crippen LogP contribution in [0, 0.1) is 0 Å². The summed E-state index contributed by atoms with van der Waals surface area (Å²) >= 11 is 0. The van der Waals surface area contributed by atoms with Crippen LogP contribution in [0.5, 0.6) is 0 Å². The Morgan fingerprint density at radius 2 is 2.00 bits per heavy atom. The molecule has 3 saturated heterocycles. The molecule has 0 spiro atoms. The summed E-state index contributed by atoms with van der Waals surface area (Å²) in [5, 5.41) is 2.21. The lowest BCUT2D eigenvalue weighted by atomic mass is 10.0. The molecule has 0 saturated carbocycles. The molecular formula is C6H12N2O. The van der Waals surface area contributed by atoms with Crippen molar-refractivity contribution in [1.82, 2.24) is 10.4 Å². The zero-order chi connectivity index (χ0) is 6.27. The maximum atomic E-state index is 5.43. The summed E-state index contributed by atoms with van der Waals surface area (Å²) in [6, 6.07) is 0. The molecule has 0 aromatic rings. The zero-order valence-corrected chi connectivity index (χ0v) is 5.63. The van der Waals surface area contributed by atoms with E-state index in [4.69, 9.17) is 4.74 Å². The molecule has 3 fully saturated rings. The first-order valence-corrected chi connectivity index (χ1v) is 3.46. The summed E-state index contributed by atoms with van der Waals surface area (Å²) in [7, 11) is 1.96. The van der Waals surface area contributed by atoms with Crippen LogP contribution in [-0.2, 0) is 4.74 Å². The highest BCUT2D eigenvalue weighted by atomic mass is 16.5. The molecule has 3 nitrogen and oxygen atoms in total. The van der Waals surface area contributed by atoms with Gasteiger partial charge in [0.15, 0.2) is 0 Å². The van der Waals surface area contributed by atoms with Gasteiger partial charge >= 0.3 is 0 Å². The third kappa shape index (κ3) is 0.852. The second-order valence-corrected chi connectivity index (χ2v) is 2.74. The van der Waals surface area contributed by atoms with E-state index in [9.17, 15) is 0 Å². The second kappa shape index (κ2) is 1.94. The van der Waals surface area contributed by atoms with Gasteiger partial charge in [-0.05, 0) is 7.05 Å². The summed E-state index contributed by atoms with van der Waals surface area (Å²) in [4.78, 5) is 0. The highest BCUT2D eigenvalue weighted by Crippen LogP contribution is 2.26. The SMILES string of the molecule is CNN1CC2CC(C1)O2. The van der Waals surface area contributed by atoms with Gasteiger partial charge in [-0.25, -0.2) is 5.01 Å². The number of ether oxygens (including phenoxy) is 1. The second-order valence-electron chi connectivity index (χ2n) is 2.74. The van der Waals surface area contributed by atoms with Crippen LogP contribution in [0.3, 0.4) is 0 Å². The van der Waals surface area contributed by atoms with Crippen LogP contribution in [0.2, 0.25) is 0 Å². The number of fused-ring (bicyclic) bond motifs is 2. The normalized spacial score (nSPS) is 42.3. The molecular weight excluding hydrogens is 116 g/mol. The Bertz CT molecular complexity index is 102. The van der Waals surface area contributed by atoms with Crippen LogP contribution in [0.4, 0.5) is 0 Å². The molecule has 9 heavy (non-hydrogen) atoms. The summed E-state index contributed by atoms with van der Waals surface area (Å²) < 4.78 is 5.43. The Hall–Kier alpha value is -0.120. The van der Waals surface area contributed by atoms with Crippen molar-refractivity contribution in [2.75, 3.05) is 20.1 Å². The number of morpholine rings is 1. The lowest BCUT2D eigenvalue weighted by Gasteiger charge is -2.46. The number of nitrogens with zero attached hydrogens (tertiary/aromatic N) is 1. The fourth-order valence-electron chi connectivity index (χ4n) is 1.54. The van der Waals surface area contributed by atoms with Gasteiger partial charge in [0.1, 0.15) is 0 Å². The topological polar surface area (TPSA) is 24.5 Å². The third-order valence-corrected chi connectivity index (χ3v) is 2.07. The number of hydrogen-bond acceptors (Lipinski definition) is 3. The Morgan fingerprint density at radius 1 is 1.44 bits per heavy atom. The van der Waals surface area contributed by atoms with Crippen LogP contribution in [0.25, 0.3) is 0 Å². The molecule has 1 N–H and O–H groups in total. The molecule has 0 amide bonds. The molecule has 0 aromatic heterocycles. The average Bonchev–Trinajstić information content (AvgIpc) is 1.87. The average molecular weight is 128 g/mol. The minimum absolute atomic E-state index is 0.524. The first kappa shape index (κ1) is 5.65. The van der Waals surface area contributed by atoms with E-state index in [-0.39, 0.29) is 0 Å². The zero-order valence-electron chi connectivity index (χ0n) is 5.63. The van der Waals surface area contributed by atoms with Gasteiger partial charge in [0, 0.05) is 19.5 Å². The summed E-state index contributed by atoms with van der Waals surface area (Å²) in [6.07, 6.45) is 2.32. The summed E-state index contributed by atoms with van der Waals surface area (Å²) in [5.41, 5.74) is 3.12. The van der Waals surface area contributed by atoms with E-state index in [0.29, 0.717) is 12.2 Å². The minimum atomic E-state index is 0.524. The van der Waals surface area contributed by atoms with Gasteiger partial charge in [-0.2, -0.15) is 0 Å². The molecule has 3 aliphatic heterocycles. The maximum Gasteiger partial charge on any atom is 0.0745 e. The predicted molar refractivity (Wildman–Crippen MR) is 33.9 cm³/mol. The standard InChI is InChI=1S/C6H12N2O/c1-7-8-3-5-2-6(4-8)9-5/h5-7H,2-4H2,1H3. The molecule has 2 atom stereocenters. The first-order valence-electron chi connectivity index (χ1n) is 3.46. The van der Waals surface area contributed by atoms with Crippen molar-refractivity contribution in [3.8, 4) is 0 Å². The highest BCUT2D eigenvalue weighted by molar-refractivity contribution is 4.87. The monoisotopic (exact) mass is 128 g/mol. The van der Waals surface area contributed by atoms with E-state index < -0.39 is 0 Å². The van der Waals surface area contributed by atoms with E-state index in [2.05, 4.69) is 10.4 Å². The molecule has 0 aromatic carbocycles. The summed E-state index contributed by atoms with van der Waals surface area (Å²) in [5.74, 6) is 0. The van der Waals surface area contributed by atoms with Crippen LogP contribution in [0.15, 0.2) is 0 Å². The van der Waals surface area contributed by atoms with E-state index in [1.165, 1.54) is 6.42 Å². The maximum absolute atomic E-state index is 5.43.